The normalized spacial score (nSPS) is 31.6. The summed E-state index contributed by atoms with van der Waals surface area (Å²) < 4.78 is 43.4. The number of hydrogen-bond acceptors (Lipinski definition) is 6. The Kier molecular flexibility index (Phi) is 6.98. The summed E-state index contributed by atoms with van der Waals surface area (Å²) in [7, 11) is 0. The number of ether oxygens (including phenoxy) is 4. The number of ketones is 1. The third-order valence-corrected chi connectivity index (χ3v) is 5.55. The maximum atomic E-state index is 14.1. The molecule has 2 saturated heterocycles. The Morgan fingerprint density at radius 2 is 2.03 bits per heavy atom. The van der Waals surface area contributed by atoms with Crippen molar-refractivity contribution in [2.75, 3.05) is 0 Å². The highest BCUT2D eigenvalue weighted by molar-refractivity contribution is 6.07. The second kappa shape index (κ2) is 8.96. The number of unbranched alkanes of at least 4 members (excludes halogenated alkanes) is 1. The number of fused-ring (bicyclic) bond motifs is 1. The number of carbonyl (C=O) groups is 1. The van der Waals surface area contributed by atoms with Crippen molar-refractivity contribution in [1.82, 2.24) is 0 Å². The van der Waals surface area contributed by atoms with E-state index in [0.717, 1.165) is 12.8 Å². The van der Waals surface area contributed by atoms with Gasteiger partial charge in [-0.2, -0.15) is 0 Å². The summed E-state index contributed by atoms with van der Waals surface area (Å²) in [4.78, 5) is 12.6. The Hall–Kier alpha value is -1.09. The summed E-state index contributed by atoms with van der Waals surface area (Å²) in [5.74, 6) is -3.37. The van der Waals surface area contributed by atoms with Gasteiger partial charge in [-0.3, -0.25) is 9.08 Å². The third-order valence-electron chi connectivity index (χ3n) is 5.32. The molecule has 29 heavy (non-hydrogen) atoms. The van der Waals surface area contributed by atoms with E-state index in [-0.39, 0.29) is 18.2 Å². The summed E-state index contributed by atoms with van der Waals surface area (Å²) in [6.45, 7) is 6.82. The largest absolute Gasteiger partial charge is 0.368 e. The summed E-state index contributed by atoms with van der Waals surface area (Å²) in [6, 6.07) is 6.35. The predicted molar refractivity (Wildman–Crippen MR) is 104 cm³/mol. The zero-order chi connectivity index (χ0) is 21.2. The first-order valence-electron chi connectivity index (χ1n) is 9.93. The van der Waals surface area contributed by atoms with Crippen molar-refractivity contribution in [2.45, 2.75) is 89.6 Å². The molecule has 2 aliphatic heterocycles. The minimum absolute atomic E-state index is 0.0196. The first-order chi connectivity index (χ1) is 13.7. The van der Waals surface area contributed by atoms with Gasteiger partial charge >= 0.3 is 0 Å². The molecular weight excluding hydrogens is 403 g/mol. The lowest BCUT2D eigenvalue weighted by molar-refractivity contribution is -0.262. The van der Waals surface area contributed by atoms with Gasteiger partial charge in [-0.25, -0.2) is 4.39 Å². The topological polar surface area (TPSA) is 63.2 Å². The van der Waals surface area contributed by atoms with E-state index < -0.39 is 36.0 Å². The zero-order valence-electron chi connectivity index (χ0n) is 17.2. The second-order valence-corrected chi connectivity index (χ2v) is 8.16. The molecule has 0 spiro atoms. The lowest BCUT2D eigenvalue weighted by atomic mass is 9.97. The molecule has 2 aliphatic rings. The van der Waals surface area contributed by atoms with Crippen molar-refractivity contribution in [3.63, 3.8) is 0 Å². The van der Waals surface area contributed by atoms with E-state index >= 15 is 0 Å². The van der Waals surface area contributed by atoms with Crippen LogP contribution in [-0.2, 0) is 34.6 Å². The average molecular weight is 431 g/mol. The van der Waals surface area contributed by atoms with Crippen LogP contribution in [0.4, 0.5) is 4.39 Å². The zero-order valence-corrected chi connectivity index (χ0v) is 17.9. The van der Waals surface area contributed by atoms with Crippen molar-refractivity contribution in [3.8, 4) is 0 Å². The van der Waals surface area contributed by atoms with Crippen molar-refractivity contribution >= 4 is 17.6 Å². The van der Waals surface area contributed by atoms with Gasteiger partial charge in [0.15, 0.2) is 17.7 Å². The molecule has 0 radical (unpaired) electrons. The molecule has 0 saturated carbocycles. The molecule has 6 nitrogen and oxygen atoms in total. The highest BCUT2D eigenvalue weighted by Gasteiger charge is 2.69. The van der Waals surface area contributed by atoms with Crippen molar-refractivity contribution in [2.24, 2.45) is 0 Å². The molecule has 162 valence electrons. The van der Waals surface area contributed by atoms with E-state index in [2.05, 4.69) is 0 Å². The van der Waals surface area contributed by atoms with Crippen LogP contribution >= 0.6 is 11.9 Å². The number of halogens is 2. The molecule has 0 aliphatic carbocycles. The molecule has 1 aromatic rings. The molecular formula is C21H28ClFO6. The van der Waals surface area contributed by atoms with E-state index in [9.17, 15) is 9.18 Å². The highest BCUT2D eigenvalue weighted by Crippen LogP contribution is 2.48. The van der Waals surface area contributed by atoms with Gasteiger partial charge < -0.3 is 18.9 Å². The maximum Gasteiger partial charge on any atom is 0.261 e. The van der Waals surface area contributed by atoms with Gasteiger partial charge in [0, 0.05) is 12.5 Å². The van der Waals surface area contributed by atoms with Crippen LogP contribution < -0.4 is 0 Å². The van der Waals surface area contributed by atoms with Gasteiger partial charge in [-0.1, -0.05) is 38.0 Å². The standard InChI is InChI=1S/C21H28ClFO6/c1-5-6-11-16(28-22)17-18(25-12-14-9-7-8-10-15(14)23)19-21(26-17,13(2)24)29-20(3,4)27-19/h7-10,16-19H,5-6,11-12H2,1-4H3/t16-,17+,18-,19+,21+/m0/s1. The molecule has 0 bridgehead atoms. The van der Waals surface area contributed by atoms with Crippen LogP contribution in [0, 0.1) is 5.82 Å². The van der Waals surface area contributed by atoms with E-state index in [1.807, 2.05) is 6.92 Å². The summed E-state index contributed by atoms with van der Waals surface area (Å²) >= 11 is 5.77. The van der Waals surface area contributed by atoms with Gasteiger partial charge in [0.05, 0.1) is 18.5 Å². The molecule has 3 rings (SSSR count). The molecule has 1 aromatic carbocycles. The van der Waals surface area contributed by atoms with Gasteiger partial charge in [0.25, 0.3) is 5.79 Å². The predicted octanol–water partition coefficient (Wildman–Crippen LogP) is 4.28. The molecule has 0 aromatic heterocycles. The van der Waals surface area contributed by atoms with Crippen LogP contribution in [0.2, 0.25) is 0 Å². The molecule has 5 atom stereocenters. The summed E-state index contributed by atoms with van der Waals surface area (Å²) in [5.41, 5.74) is 0.390. The quantitative estimate of drug-likeness (QED) is 0.582. The fourth-order valence-electron chi connectivity index (χ4n) is 3.94. The van der Waals surface area contributed by atoms with E-state index in [1.165, 1.54) is 13.0 Å². The lowest BCUT2D eigenvalue weighted by Crippen LogP contribution is -2.47. The minimum Gasteiger partial charge on any atom is -0.368 e. The van der Waals surface area contributed by atoms with E-state index in [4.69, 9.17) is 35.1 Å². The summed E-state index contributed by atoms with van der Waals surface area (Å²) in [5, 5.41) is 0. The number of carbonyl (C=O) groups excluding carboxylic acids is 1. The Morgan fingerprint density at radius 3 is 2.66 bits per heavy atom. The average Bonchev–Trinajstić information content (AvgIpc) is 3.10. The first kappa shape index (κ1) is 22.6. The van der Waals surface area contributed by atoms with Crippen LogP contribution in [0.25, 0.3) is 0 Å². The van der Waals surface area contributed by atoms with Crippen LogP contribution in [0.1, 0.15) is 52.5 Å². The number of rotatable bonds is 9. The monoisotopic (exact) mass is 430 g/mol. The lowest BCUT2D eigenvalue weighted by Gasteiger charge is -2.30. The minimum atomic E-state index is -1.62. The van der Waals surface area contributed by atoms with Crippen LogP contribution in [0.3, 0.4) is 0 Å². The Morgan fingerprint density at radius 1 is 1.31 bits per heavy atom. The highest BCUT2D eigenvalue weighted by atomic mass is 35.5. The van der Waals surface area contributed by atoms with E-state index in [1.54, 1.807) is 32.0 Å². The Bertz CT molecular complexity index is 729. The van der Waals surface area contributed by atoms with Crippen molar-refractivity contribution < 1.29 is 32.4 Å². The SMILES string of the molecule is CCCC[C@H](OCl)[C@H]1O[C@]2(C(C)=O)OC(C)(C)O[C@@H]2[C@H]1OCc1ccccc1F. The van der Waals surface area contributed by atoms with Gasteiger partial charge in [-0.15, -0.1) is 0 Å². The summed E-state index contributed by atoms with van der Waals surface area (Å²) in [6.07, 6.45) is -0.430. The fourth-order valence-corrected chi connectivity index (χ4v) is 4.13. The molecule has 2 heterocycles. The molecule has 8 heteroatoms. The molecule has 0 unspecified atom stereocenters. The van der Waals surface area contributed by atoms with Gasteiger partial charge in [0.1, 0.15) is 24.1 Å². The van der Waals surface area contributed by atoms with Crippen LogP contribution in [-0.4, -0.2) is 41.8 Å². The van der Waals surface area contributed by atoms with Crippen molar-refractivity contribution in [1.29, 1.82) is 0 Å². The fraction of sp³-hybridized carbons (Fsp3) is 0.667. The van der Waals surface area contributed by atoms with Crippen LogP contribution in [0.15, 0.2) is 24.3 Å². The van der Waals surface area contributed by atoms with Gasteiger partial charge in [-0.05, 0) is 26.3 Å². The number of Topliss-reactive ketones (excluding diaryl/α,β-unsaturated/α-hetero) is 1. The second-order valence-electron chi connectivity index (χ2n) is 7.98. The molecule has 0 N–H and O–H groups in total. The molecule has 2 fully saturated rings. The first-order valence-corrected chi connectivity index (χ1v) is 10.2. The smallest absolute Gasteiger partial charge is 0.261 e. The number of hydrogen-bond donors (Lipinski definition) is 0. The number of benzene rings is 1. The Balaban J connectivity index is 1.90. The maximum absolute atomic E-state index is 14.1. The van der Waals surface area contributed by atoms with E-state index in [0.29, 0.717) is 12.0 Å². The van der Waals surface area contributed by atoms with Gasteiger partial charge in [0.2, 0.25) is 0 Å². The van der Waals surface area contributed by atoms with Crippen molar-refractivity contribution in [3.05, 3.63) is 35.6 Å². The third kappa shape index (κ3) is 4.50. The van der Waals surface area contributed by atoms with Crippen LogP contribution in [0.5, 0.6) is 0 Å². The molecule has 0 amide bonds. The Labute approximate surface area is 175 Å².